The highest BCUT2D eigenvalue weighted by atomic mass is 16.4. The van der Waals surface area contributed by atoms with E-state index in [1.54, 1.807) is 48.7 Å². The lowest BCUT2D eigenvalue weighted by Gasteiger charge is -2.21. The second-order valence-corrected chi connectivity index (χ2v) is 9.97. The molecule has 0 saturated heterocycles. The Morgan fingerprint density at radius 3 is 2.14 bits per heavy atom. The van der Waals surface area contributed by atoms with Gasteiger partial charge in [-0.3, -0.25) is 14.4 Å². The number of aromatic amines is 1. The van der Waals surface area contributed by atoms with Crippen LogP contribution in [-0.4, -0.2) is 63.6 Å². The van der Waals surface area contributed by atoms with Crippen LogP contribution in [0.4, 0.5) is 0 Å². The van der Waals surface area contributed by atoms with Crippen molar-refractivity contribution in [3.63, 3.8) is 0 Å². The molecule has 0 aliphatic rings. The molecule has 11 nitrogen and oxygen atoms in total. The third-order valence-corrected chi connectivity index (χ3v) is 6.80. The smallest absolute Gasteiger partial charge is 0.326 e. The zero-order chi connectivity index (χ0) is 30.1. The second kappa shape index (κ2) is 14.0. The lowest BCUT2D eigenvalue weighted by Crippen LogP contribution is -2.54. The maximum atomic E-state index is 13.3. The number of para-hydroxylation sites is 1. The number of carbonyl (C=O) groups is 4. The van der Waals surface area contributed by atoms with Crippen LogP contribution in [-0.2, 0) is 38.4 Å². The van der Waals surface area contributed by atoms with Crippen LogP contribution in [0, 0.1) is 0 Å². The summed E-state index contributed by atoms with van der Waals surface area (Å²) < 4.78 is 0. The highest BCUT2D eigenvalue weighted by Gasteiger charge is 2.27. The quantitative estimate of drug-likeness (QED) is 0.126. The molecular formula is C31H33N5O6. The number of amides is 3. The number of rotatable bonds is 13. The Morgan fingerprint density at radius 1 is 0.762 bits per heavy atom. The van der Waals surface area contributed by atoms with Crippen LogP contribution in [0.25, 0.3) is 10.9 Å². The van der Waals surface area contributed by atoms with Gasteiger partial charge >= 0.3 is 5.97 Å². The molecule has 4 aromatic rings. The van der Waals surface area contributed by atoms with E-state index in [9.17, 15) is 29.4 Å². The Labute approximate surface area is 242 Å². The standard InChI is InChI=1S/C31H33N5O6/c32-24(14-20-10-12-22(37)13-11-20)29(39)36-26(16-21-17-33-25-9-5-4-8-23(21)25)30(40)34-18-28(38)35-27(31(41)42)15-19-6-2-1-3-7-19/h1-13,17,24,26-27,33,37H,14-16,18,32H2,(H,34,40)(H,35,38)(H,36,39)(H,41,42). The zero-order valence-electron chi connectivity index (χ0n) is 22.7. The molecule has 0 bridgehead atoms. The van der Waals surface area contributed by atoms with Crippen LogP contribution in [0.3, 0.4) is 0 Å². The van der Waals surface area contributed by atoms with Gasteiger partial charge in [-0.1, -0.05) is 60.7 Å². The molecule has 0 saturated carbocycles. The molecule has 8 N–H and O–H groups in total. The third-order valence-electron chi connectivity index (χ3n) is 6.80. The highest BCUT2D eigenvalue weighted by Crippen LogP contribution is 2.19. The normalized spacial score (nSPS) is 13.1. The Kier molecular flexibility index (Phi) is 9.90. The predicted molar refractivity (Wildman–Crippen MR) is 156 cm³/mol. The molecule has 218 valence electrons. The van der Waals surface area contributed by atoms with Gasteiger partial charge < -0.3 is 36.9 Å². The number of nitrogens with one attached hydrogen (secondary N) is 4. The minimum Gasteiger partial charge on any atom is -0.508 e. The van der Waals surface area contributed by atoms with Crippen molar-refractivity contribution < 1.29 is 29.4 Å². The molecule has 3 unspecified atom stereocenters. The fraction of sp³-hybridized carbons (Fsp3) is 0.226. The summed E-state index contributed by atoms with van der Waals surface area (Å²) in [6.07, 6.45) is 2.12. The van der Waals surface area contributed by atoms with Crippen LogP contribution in [0.1, 0.15) is 16.7 Å². The van der Waals surface area contributed by atoms with Crippen molar-refractivity contribution in [1.29, 1.82) is 0 Å². The van der Waals surface area contributed by atoms with E-state index < -0.39 is 48.4 Å². The van der Waals surface area contributed by atoms with Crippen molar-refractivity contribution in [3.05, 3.63) is 102 Å². The molecule has 1 aromatic heterocycles. The fourth-order valence-corrected chi connectivity index (χ4v) is 4.57. The molecule has 3 amide bonds. The summed E-state index contributed by atoms with van der Waals surface area (Å²) in [5.41, 5.74) is 9.24. The zero-order valence-corrected chi connectivity index (χ0v) is 22.7. The van der Waals surface area contributed by atoms with E-state index in [0.29, 0.717) is 0 Å². The van der Waals surface area contributed by atoms with Gasteiger partial charge in [0.25, 0.3) is 0 Å². The number of H-pyrrole nitrogens is 1. The Balaban J connectivity index is 1.42. The van der Waals surface area contributed by atoms with Gasteiger partial charge in [-0.05, 0) is 41.3 Å². The van der Waals surface area contributed by atoms with Crippen molar-refractivity contribution in [2.45, 2.75) is 37.4 Å². The largest absolute Gasteiger partial charge is 0.508 e. The number of phenolic OH excluding ortho intramolecular Hbond substituents is 1. The van der Waals surface area contributed by atoms with Crippen LogP contribution in [0.2, 0.25) is 0 Å². The van der Waals surface area contributed by atoms with E-state index in [2.05, 4.69) is 20.9 Å². The third kappa shape index (κ3) is 8.18. The van der Waals surface area contributed by atoms with E-state index in [4.69, 9.17) is 5.73 Å². The number of phenols is 1. The van der Waals surface area contributed by atoms with Crippen LogP contribution in [0.15, 0.2) is 85.1 Å². The SMILES string of the molecule is NC(Cc1ccc(O)cc1)C(=O)NC(Cc1c[nH]c2ccccc12)C(=O)NCC(=O)NC(Cc1ccccc1)C(=O)O. The van der Waals surface area contributed by atoms with Gasteiger partial charge in [0, 0.05) is 29.9 Å². The molecule has 4 rings (SSSR count). The molecular weight excluding hydrogens is 538 g/mol. The summed E-state index contributed by atoms with van der Waals surface area (Å²) in [5, 5.41) is 27.6. The van der Waals surface area contributed by atoms with E-state index in [1.165, 1.54) is 12.1 Å². The van der Waals surface area contributed by atoms with Crippen molar-refractivity contribution >= 4 is 34.6 Å². The van der Waals surface area contributed by atoms with Gasteiger partial charge in [0.1, 0.15) is 17.8 Å². The number of aromatic hydroxyl groups is 1. The summed E-state index contributed by atoms with van der Waals surface area (Å²) in [5.74, 6) is -3.00. The van der Waals surface area contributed by atoms with Gasteiger partial charge in [-0.25, -0.2) is 4.79 Å². The molecule has 1 heterocycles. The summed E-state index contributed by atoms with van der Waals surface area (Å²) in [7, 11) is 0. The van der Waals surface area contributed by atoms with E-state index >= 15 is 0 Å². The predicted octanol–water partition coefficient (Wildman–Crippen LogP) is 1.40. The fourth-order valence-electron chi connectivity index (χ4n) is 4.57. The average Bonchev–Trinajstić information content (AvgIpc) is 3.39. The number of nitrogens with two attached hydrogens (primary N) is 1. The molecule has 42 heavy (non-hydrogen) atoms. The Morgan fingerprint density at radius 2 is 1.43 bits per heavy atom. The van der Waals surface area contributed by atoms with E-state index in [1.807, 2.05) is 24.3 Å². The van der Waals surface area contributed by atoms with Crippen molar-refractivity contribution in [1.82, 2.24) is 20.9 Å². The molecule has 0 aliphatic heterocycles. The number of fused-ring (bicyclic) bond motifs is 1. The van der Waals surface area contributed by atoms with Gasteiger partial charge in [-0.15, -0.1) is 0 Å². The first kappa shape index (κ1) is 29.8. The van der Waals surface area contributed by atoms with Crippen molar-refractivity contribution in [3.8, 4) is 5.75 Å². The number of carboxylic acid groups (broad SMARTS) is 1. The number of aliphatic carboxylic acids is 1. The molecule has 3 atom stereocenters. The van der Waals surface area contributed by atoms with Gasteiger partial charge in [0.2, 0.25) is 17.7 Å². The second-order valence-electron chi connectivity index (χ2n) is 9.97. The lowest BCUT2D eigenvalue weighted by molar-refractivity contribution is -0.141. The first-order valence-electron chi connectivity index (χ1n) is 13.4. The van der Waals surface area contributed by atoms with Gasteiger partial charge in [0.15, 0.2) is 0 Å². The van der Waals surface area contributed by atoms with Crippen molar-refractivity contribution in [2.24, 2.45) is 5.73 Å². The molecule has 11 heteroatoms. The number of carbonyl (C=O) groups excluding carboxylic acids is 3. The minimum atomic E-state index is -1.20. The van der Waals surface area contributed by atoms with Crippen LogP contribution < -0.4 is 21.7 Å². The first-order valence-corrected chi connectivity index (χ1v) is 13.4. The van der Waals surface area contributed by atoms with Gasteiger partial charge in [0.05, 0.1) is 12.6 Å². The number of hydrogen-bond donors (Lipinski definition) is 7. The first-order chi connectivity index (χ1) is 20.2. The molecule has 0 fully saturated rings. The van der Waals surface area contributed by atoms with Crippen LogP contribution >= 0.6 is 0 Å². The summed E-state index contributed by atoms with van der Waals surface area (Å²) in [6.45, 7) is -0.489. The Hall–Kier alpha value is -5.16. The molecule has 0 spiro atoms. The Bertz CT molecular complexity index is 1540. The number of benzene rings is 3. The highest BCUT2D eigenvalue weighted by molar-refractivity contribution is 5.93. The average molecular weight is 572 g/mol. The van der Waals surface area contributed by atoms with Crippen molar-refractivity contribution in [2.75, 3.05) is 6.54 Å². The number of aromatic nitrogens is 1. The van der Waals surface area contributed by atoms with E-state index in [-0.39, 0.29) is 25.0 Å². The number of carboxylic acids is 1. The van der Waals surface area contributed by atoms with Gasteiger partial charge in [-0.2, -0.15) is 0 Å². The molecule has 0 radical (unpaired) electrons. The van der Waals surface area contributed by atoms with Crippen LogP contribution in [0.5, 0.6) is 5.75 Å². The lowest BCUT2D eigenvalue weighted by atomic mass is 10.0. The summed E-state index contributed by atoms with van der Waals surface area (Å²) in [4.78, 5) is 53.8. The summed E-state index contributed by atoms with van der Waals surface area (Å²) in [6, 6.07) is 19.4. The van der Waals surface area contributed by atoms with E-state index in [0.717, 1.165) is 27.6 Å². The number of hydrogen-bond acceptors (Lipinski definition) is 6. The summed E-state index contributed by atoms with van der Waals surface area (Å²) >= 11 is 0. The maximum Gasteiger partial charge on any atom is 0.326 e. The molecule has 0 aliphatic carbocycles. The molecule has 3 aromatic carbocycles. The maximum absolute atomic E-state index is 13.3. The monoisotopic (exact) mass is 571 g/mol. The topological polar surface area (TPSA) is 187 Å². The minimum absolute atomic E-state index is 0.0774.